The summed E-state index contributed by atoms with van der Waals surface area (Å²) in [7, 11) is 1.93. The van der Waals surface area contributed by atoms with Crippen LogP contribution in [0.15, 0.2) is 12.1 Å². The van der Waals surface area contributed by atoms with E-state index in [9.17, 15) is 4.79 Å². The van der Waals surface area contributed by atoms with E-state index in [1.54, 1.807) is 12.1 Å². The minimum absolute atomic E-state index is 0. The number of hydrogen-bond donors (Lipinski definition) is 1. The lowest BCUT2D eigenvalue weighted by Gasteiger charge is -2.20. The third-order valence-electron chi connectivity index (χ3n) is 4.04. The Balaban J connectivity index is 0.00000312. The number of nitrogens with one attached hydrogen (secondary N) is 1. The van der Waals surface area contributed by atoms with Gasteiger partial charge in [-0.3, -0.25) is 4.79 Å². The van der Waals surface area contributed by atoms with Crippen molar-refractivity contribution < 1.29 is 19.0 Å². The Morgan fingerprint density at radius 1 is 1.12 bits per heavy atom. The predicted molar refractivity (Wildman–Crippen MR) is 101 cm³/mol. The van der Waals surface area contributed by atoms with E-state index in [0.29, 0.717) is 48.7 Å². The van der Waals surface area contributed by atoms with Gasteiger partial charge in [0, 0.05) is 24.7 Å². The SMILES string of the molecule is CCOc1cc(C(=O)N2CCC(NC)C2)cc(OCC)c1OCC.Cl. The normalized spacial score (nSPS) is 16.3. The molecule has 1 N–H and O–H groups in total. The first kappa shape index (κ1) is 21.4. The molecule has 2 rings (SSSR count). The fourth-order valence-corrected chi connectivity index (χ4v) is 2.88. The highest BCUT2D eigenvalue weighted by Crippen LogP contribution is 2.39. The van der Waals surface area contributed by atoms with Crippen LogP contribution < -0.4 is 19.5 Å². The molecule has 6 nitrogen and oxygen atoms in total. The van der Waals surface area contributed by atoms with Gasteiger partial charge < -0.3 is 24.4 Å². The van der Waals surface area contributed by atoms with Crippen LogP contribution in [0.2, 0.25) is 0 Å². The Morgan fingerprint density at radius 2 is 1.68 bits per heavy atom. The summed E-state index contributed by atoms with van der Waals surface area (Å²) in [6, 6.07) is 3.87. The van der Waals surface area contributed by atoms with Crippen LogP contribution >= 0.6 is 12.4 Å². The van der Waals surface area contributed by atoms with Gasteiger partial charge in [-0.2, -0.15) is 0 Å². The fourth-order valence-electron chi connectivity index (χ4n) is 2.88. The third kappa shape index (κ3) is 5.16. The van der Waals surface area contributed by atoms with Gasteiger partial charge in [-0.25, -0.2) is 0 Å². The van der Waals surface area contributed by atoms with Crippen LogP contribution in [0, 0.1) is 0 Å². The molecule has 0 bridgehead atoms. The second-order valence-corrected chi connectivity index (χ2v) is 5.63. The van der Waals surface area contributed by atoms with Gasteiger partial charge >= 0.3 is 0 Å². The molecule has 1 atom stereocenters. The van der Waals surface area contributed by atoms with E-state index in [0.717, 1.165) is 19.5 Å². The molecule has 1 fully saturated rings. The number of carbonyl (C=O) groups is 1. The predicted octanol–water partition coefficient (Wildman–Crippen LogP) is 2.74. The van der Waals surface area contributed by atoms with Crippen LogP contribution in [0.3, 0.4) is 0 Å². The Bertz CT molecular complexity index is 541. The highest BCUT2D eigenvalue weighted by atomic mass is 35.5. The van der Waals surface area contributed by atoms with Crippen molar-refractivity contribution in [3.8, 4) is 17.2 Å². The molecular formula is C18H29ClN2O4. The standard InChI is InChI=1S/C18H28N2O4.ClH/c1-5-22-15-10-13(11-16(23-6-2)17(15)24-7-3)18(21)20-9-8-14(12-20)19-4;/h10-11,14,19H,5-9,12H2,1-4H3;1H. The Kier molecular flexibility index (Phi) is 8.86. The monoisotopic (exact) mass is 372 g/mol. The molecule has 0 radical (unpaired) electrons. The van der Waals surface area contributed by atoms with Crippen molar-refractivity contribution in [2.45, 2.75) is 33.2 Å². The molecule has 142 valence electrons. The first-order chi connectivity index (χ1) is 11.6. The quantitative estimate of drug-likeness (QED) is 0.760. The van der Waals surface area contributed by atoms with Crippen LogP contribution in [-0.4, -0.2) is 56.8 Å². The molecule has 0 aliphatic carbocycles. The topological polar surface area (TPSA) is 60.0 Å². The molecule has 1 unspecified atom stereocenters. The summed E-state index contributed by atoms with van der Waals surface area (Å²) >= 11 is 0. The molecule has 7 heteroatoms. The lowest BCUT2D eigenvalue weighted by molar-refractivity contribution is 0.0788. The van der Waals surface area contributed by atoms with Crippen molar-refractivity contribution in [2.75, 3.05) is 40.0 Å². The second-order valence-electron chi connectivity index (χ2n) is 5.63. The molecule has 0 saturated carbocycles. The van der Waals surface area contributed by atoms with Gasteiger partial charge in [-0.15, -0.1) is 12.4 Å². The molecule has 1 aliphatic rings. The number of halogens is 1. The van der Waals surface area contributed by atoms with Gasteiger partial charge in [0.2, 0.25) is 5.75 Å². The molecule has 1 amide bonds. The van der Waals surface area contributed by atoms with Gasteiger partial charge in [0.1, 0.15) is 0 Å². The average Bonchev–Trinajstić information content (AvgIpc) is 3.06. The summed E-state index contributed by atoms with van der Waals surface area (Å²) in [6.07, 6.45) is 0.968. The van der Waals surface area contributed by atoms with E-state index in [2.05, 4.69) is 5.32 Å². The van der Waals surface area contributed by atoms with Crippen LogP contribution in [0.25, 0.3) is 0 Å². The minimum atomic E-state index is -0.00213. The third-order valence-corrected chi connectivity index (χ3v) is 4.04. The molecule has 1 aromatic rings. The maximum absolute atomic E-state index is 12.8. The first-order valence-corrected chi connectivity index (χ1v) is 8.67. The average molecular weight is 373 g/mol. The van der Waals surface area contributed by atoms with Crippen molar-refractivity contribution in [1.82, 2.24) is 10.2 Å². The van der Waals surface area contributed by atoms with Gasteiger partial charge in [-0.1, -0.05) is 0 Å². The van der Waals surface area contributed by atoms with E-state index in [1.165, 1.54) is 0 Å². The first-order valence-electron chi connectivity index (χ1n) is 8.67. The number of carbonyl (C=O) groups excluding carboxylic acids is 1. The number of benzene rings is 1. The molecule has 1 saturated heterocycles. The van der Waals surface area contributed by atoms with Crippen molar-refractivity contribution in [1.29, 1.82) is 0 Å². The van der Waals surface area contributed by atoms with Crippen LogP contribution in [0.1, 0.15) is 37.6 Å². The summed E-state index contributed by atoms with van der Waals surface area (Å²) in [6.45, 7) is 8.69. The van der Waals surface area contributed by atoms with Gasteiger partial charge in [0.15, 0.2) is 11.5 Å². The smallest absolute Gasteiger partial charge is 0.254 e. The van der Waals surface area contributed by atoms with Crippen LogP contribution in [-0.2, 0) is 0 Å². The number of likely N-dealkylation sites (tertiary alicyclic amines) is 1. The number of likely N-dealkylation sites (N-methyl/N-ethyl adjacent to an activating group) is 1. The molecular weight excluding hydrogens is 344 g/mol. The summed E-state index contributed by atoms with van der Waals surface area (Å²) in [5.74, 6) is 1.67. The summed E-state index contributed by atoms with van der Waals surface area (Å²) < 4.78 is 17.1. The number of ether oxygens (including phenoxy) is 3. The zero-order valence-electron chi connectivity index (χ0n) is 15.5. The van der Waals surface area contributed by atoms with Crippen molar-refractivity contribution in [2.24, 2.45) is 0 Å². The lowest BCUT2D eigenvalue weighted by Crippen LogP contribution is -2.33. The van der Waals surface area contributed by atoms with Crippen molar-refractivity contribution >= 4 is 18.3 Å². The number of hydrogen-bond acceptors (Lipinski definition) is 5. The van der Waals surface area contributed by atoms with E-state index >= 15 is 0 Å². The Labute approximate surface area is 156 Å². The Morgan fingerprint density at radius 3 is 2.12 bits per heavy atom. The second kappa shape index (κ2) is 10.4. The number of amides is 1. The lowest BCUT2D eigenvalue weighted by atomic mass is 10.1. The number of nitrogens with zero attached hydrogens (tertiary/aromatic N) is 1. The Hall–Kier alpha value is -1.66. The van der Waals surface area contributed by atoms with Crippen molar-refractivity contribution in [3.05, 3.63) is 17.7 Å². The fraction of sp³-hybridized carbons (Fsp3) is 0.611. The maximum Gasteiger partial charge on any atom is 0.254 e. The summed E-state index contributed by atoms with van der Waals surface area (Å²) in [5.41, 5.74) is 0.571. The van der Waals surface area contributed by atoms with E-state index < -0.39 is 0 Å². The number of rotatable bonds is 8. The van der Waals surface area contributed by atoms with Crippen LogP contribution in [0.5, 0.6) is 17.2 Å². The van der Waals surface area contributed by atoms with E-state index in [4.69, 9.17) is 14.2 Å². The highest BCUT2D eigenvalue weighted by Gasteiger charge is 2.27. The molecule has 1 aliphatic heterocycles. The van der Waals surface area contributed by atoms with Gasteiger partial charge in [0.05, 0.1) is 19.8 Å². The summed E-state index contributed by atoms with van der Waals surface area (Å²) in [4.78, 5) is 14.7. The largest absolute Gasteiger partial charge is 0.490 e. The van der Waals surface area contributed by atoms with E-state index in [-0.39, 0.29) is 18.3 Å². The maximum atomic E-state index is 12.8. The molecule has 0 spiro atoms. The van der Waals surface area contributed by atoms with Gasteiger partial charge in [-0.05, 0) is 46.4 Å². The van der Waals surface area contributed by atoms with Crippen LogP contribution in [0.4, 0.5) is 0 Å². The van der Waals surface area contributed by atoms with Crippen molar-refractivity contribution in [3.63, 3.8) is 0 Å². The molecule has 25 heavy (non-hydrogen) atoms. The summed E-state index contributed by atoms with van der Waals surface area (Å²) in [5, 5.41) is 3.23. The van der Waals surface area contributed by atoms with Gasteiger partial charge in [0.25, 0.3) is 5.91 Å². The zero-order valence-corrected chi connectivity index (χ0v) is 16.3. The highest BCUT2D eigenvalue weighted by molar-refractivity contribution is 5.96. The zero-order chi connectivity index (χ0) is 17.5. The minimum Gasteiger partial charge on any atom is -0.490 e. The molecule has 1 heterocycles. The molecule has 1 aromatic carbocycles. The van der Waals surface area contributed by atoms with E-state index in [1.807, 2.05) is 32.7 Å². The molecule has 0 aromatic heterocycles.